The van der Waals surface area contributed by atoms with Crippen LogP contribution in [0.15, 0.2) is 17.5 Å². The number of nitrogens with one attached hydrogen (secondary N) is 2. The summed E-state index contributed by atoms with van der Waals surface area (Å²) in [4.78, 5) is 15.3. The number of hydrogen-bond donors (Lipinski definition) is 2. The van der Waals surface area contributed by atoms with Gasteiger partial charge in [0, 0.05) is 24.5 Å². The topological polar surface area (TPSA) is 53.6 Å². The molecule has 0 aliphatic carbocycles. The van der Waals surface area contributed by atoms with Gasteiger partial charge in [0.05, 0.1) is 25.3 Å². The van der Waals surface area contributed by atoms with Crippen molar-refractivity contribution in [2.45, 2.75) is 19.1 Å². The summed E-state index contributed by atoms with van der Waals surface area (Å²) in [6.07, 6.45) is 0.249. The zero-order valence-electron chi connectivity index (χ0n) is 12.1. The molecule has 2 rings (SSSR count). The lowest BCUT2D eigenvalue weighted by Gasteiger charge is -2.37. The minimum atomic E-state index is 0.0374. The highest BCUT2D eigenvalue weighted by Gasteiger charge is 2.26. The van der Waals surface area contributed by atoms with Gasteiger partial charge in [-0.25, -0.2) is 0 Å². The Labute approximate surface area is 124 Å². The van der Waals surface area contributed by atoms with E-state index in [1.54, 1.807) is 18.4 Å². The molecular weight excluding hydrogens is 274 g/mol. The number of carbonyl (C=O) groups excluding carboxylic acids is 1. The summed E-state index contributed by atoms with van der Waals surface area (Å²) in [6.45, 7) is 5.68. The van der Waals surface area contributed by atoms with Crippen LogP contribution in [-0.4, -0.2) is 56.7 Å². The molecule has 0 bridgehead atoms. The van der Waals surface area contributed by atoms with Crippen LogP contribution in [0.5, 0.6) is 0 Å². The largest absolute Gasteiger partial charge is 0.376 e. The minimum Gasteiger partial charge on any atom is -0.376 e. The van der Waals surface area contributed by atoms with Crippen LogP contribution in [0.1, 0.15) is 17.8 Å². The molecule has 1 amide bonds. The molecule has 0 radical (unpaired) electrons. The smallest absolute Gasteiger partial charge is 0.234 e. The molecule has 1 aromatic rings. The summed E-state index contributed by atoms with van der Waals surface area (Å²) in [7, 11) is 1.78. The lowest BCUT2D eigenvalue weighted by atomic mass is 10.1. The van der Waals surface area contributed by atoms with Crippen molar-refractivity contribution in [3.63, 3.8) is 0 Å². The number of thiophene rings is 1. The van der Waals surface area contributed by atoms with Crippen molar-refractivity contribution in [2.24, 2.45) is 0 Å². The molecule has 0 saturated carbocycles. The van der Waals surface area contributed by atoms with Crippen LogP contribution in [0.2, 0.25) is 0 Å². The second kappa shape index (κ2) is 7.73. The van der Waals surface area contributed by atoms with Gasteiger partial charge < -0.3 is 15.4 Å². The van der Waals surface area contributed by atoms with Gasteiger partial charge in [-0.2, -0.15) is 0 Å². The van der Waals surface area contributed by atoms with E-state index in [1.807, 2.05) is 0 Å². The molecule has 1 fully saturated rings. The fraction of sp³-hybridized carbons (Fsp3) is 0.643. The van der Waals surface area contributed by atoms with Gasteiger partial charge in [-0.3, -0.25) is 9.69 Å². The summed E-state index contributed by atoms with van der Waals surface area (Å²) in [5, 5.41) is 7.96. The van der Waals surface area contributed by atoms with Gasteiger partial charge >= 0.3 is 0 Å². The minimum absolute atomic E-state index is 0.0374. The van der Waals surface area contributed by atoms with Crippen LogP contribution < -0.4 is 10.6 Å². The first kappa shape index (κ1) is 15.4. The average molecular weight is 297 g/mol. The molecule has 112 valence electrons. The van der Waals surface area contributed by atoms with Gasteiger partial charge in [0.25, 0.3) is 0 Å². The van der Waals surface area contributed by atoms with Crippen molar-refractivity contribution >= 4 is 17.2 Å². The van der Waals surface area contributed by atoms with Crippen molar-refractivity contribution in [3.05, 3.63) is 22.4 Å². The summed E-state index contributed by atoms with van der Waals surface area (Å²) in [5.74, 6) is 0.0374. The normalized spacial score (nSPS) is 21.6. The molecule has 0 aromatic carbocycles. The Kier molecular flexibility index (Phi) is 5.97. The van der Waals surface area contributed by atoms with E-state index in [0.29, 0.717) is 13.1 Å². The Morgan fingerprint density at radius 3 is 3.15 bits per heavy atom. The molecule has 1 aliphatic heterocycles. The molecular formula is C14H23N3O2S. The van der Waals surface area contributed by atoms with E-state index in [9.17, 15) is 4.79 Å². The van der Waals surface area contributed by atoms with E-state index in [4.69, 9.17) is 4.74 Å². The van der Waals surface area contributed by atoms with Crippen LogP contribution in [0.25, 0.3) is 0 Å². The second-order valence-electron chi connectivity index (χ2n) is 5.04. The Balaban J connectivity index is 1.99. The third-order valence-corrected chi connectivity index (χ3v) is 4.39. The van der Waals surface area contributed by atoms with Gasteiger partial charge in [-0.15, -0.1) is 11.3 Å². The number of nitrogens with zero attached hydrogens (tertiary/aromatic N) is 1. The third-order valence-electron chi connectivity index (χ3n) is 3.41. The van der Waals surface area contributed by atoms with Crippen LogP contribution in [0.4, 0.5) is 0 Å². The van der Waals surface area contributed by atoms with Gasteiger partial charge in [0.1, 0.15) is 0 Å². The first-order valence-electron chi connectivity index (χ1n) is 7.01. The lowest BCUT2D eigenvalue weighted by Crippen LogP contribution is -2.47. The Morgan fingerprint density at radius 2 is 2.50 bits per heavy atom. The van der Waals surface area contributed by atoms with E-state index in [-0.39, 0.29) is 18.1 Å². The summed E-state index contributed by atoms with van der Waals surface area (Å²) in [6, 6.07) is 4.44. The highest BCUT2D eigenvalue weighted by molar-refractivity contribution is 7.10. The number of amides is 1. The molecule has 2 atom stereocenters. The molecule has 2 N–H and O–H groups in total. The van der Waals surface area contributed by atoms with Gasteiger partial charge in [0.15, 0.2) is 0 Å². The summed E-state index contributed by atoms with van der Waals surface area (Å²) < 4.78 is 5.60. The first-order chi connectivity index (χ1) is 9.70. The standard InChI is InChI=1S/C14H23N3O2S/c1-11-10-17(5-6-19-11)12(13-4-3-7-20-13)8-16-14(18)9-15-2/h3-4,7,11-12,15H,5-6,8-10H2,1-2H3,(H,16,18). The maximum Gasteiger partial charge on any atom is 0.234 e. The van der Waals surface area contributed by atoms with Crippen molar-refractivity contribution < 1.29 is 9.53 Å². The molecule has 5 nitrogen and oxygen atoms in total. The van der Waals surface area contributed by atoms with Crippen molar-refractivity contribution in [3.8, 4) is 0 Å². The van der Waals surface area contributed by atoms with Crippen molar-refractivity contribution in [1.82, 2.24) is 15.5 Å². The van der Waals surface area contributed by atoms with Crippen molar-refractivity contribution in [1.29, 1.82) is 0 Å². The molecule has 2 heterocycles. The number of carbonyl (C=O) groups is 1. The predicted octanol–water partition coefficient (Wildman–Crippen LogP) is 0.845. The maximum absolute atomic E-state index is 11.7. The Hall–Kier alpha value is -0.950. The lowest BCUT2D eigenvalue weighted by molar-refractivity contribution is -0.120. The average Bonchev–Trinajstić information content (AvgIpc) is 2.93. The van der Waals surface area contributed by atoms with Crippen LogP contribution in [-0.2, 0) is 9.53 Å². The highest BCUT2D eigenvalue weighted by atomic mass is 32.1. The van der Waals surface area contributed by atoms with Crippen LogP contribution in [0.3, 0.4) is 0 Å². The zero-order chi connectivity index (χ0) is 14.4. The first-order valence-corrected chi connectivity index (χ1v) is 7.89. The van der Waals surface area contributed by atoms with E-state index in [1.165, 1.54) is 4.88 Å². The molecule has 2 unspecified atom stereocenters. The van der Waals surface area contributed by atoms with Crippen LogP contribution >= 0.6 is 11.3 Å². The van der Waals surface area contributed by atoms with E-state index >= 15 is 0 Å². The van der Waals surface area contributed by atoms with Crippen LogP contribution in [0, 0.1) is 0 Å². The maximum atomic E-state index is 11.7. The van der Waals surface area contributed by atoms with Gasteiger partial charge in [-0.1, -0.05) is 6.07 Å². The molecule has 1 saturated heterocycles. The fourth-order valence-electron chi connectivity index (χ4n) is 2.45. The SMILES string of the molecule is CNCC(=O)NCC(c1cccs1)N1CCOC(C)C1. The zero-order valence-corrected chi connectivity index (χ0v) is 12.9. The molecule has 1 aliphatic rings. The predicted molar refractivity (Wildman–Crippen MR) is 81.0 cm³/mol. The third kappa shape index (κ3) is 4.28. The summed E-state index contributed by atoms with van der Waals surface area (Å²) in [5.41, 5.74) is 0. The van der Waals surface area contributed by atoms with E-state index in [0.717, 1.165) is 19.7 Å². The monoisotopic (exact) mass is 297 g/mol. The molecule has 20 heavy (non-hydrogen) atoms. The Bertz CT molecular complexity index is 411. The van der Waals surface area contributed by atoms with E-state index < -0.39 is 0 Å². The summed E-state index contributed by atoms with van der Waals surface area (Å²) >= 11 is 1.74. The fourth-order valence-corrected chi connectivity index (χ4v) is 3.31. The molecule has 6 heteroatoms. The highest BCUT2D eigenvalue weighted by Crippen LogP contribution is 2.26. The number of morpholine rings is 1. The second-order valence-corrected chi connectivity index (χ2v) is 6.02. The van der Waals surface area contributed by atoms with Gasteiger partial charge in [0.2, 0.25) is 5.91 Å². The number of likely N-dealkylation sites (N-methyl/N-ethyl adjacent to an activating group) is 1. The van der Waals surface area contributed by atoms with Gasteiger partial charge in [-0.05, 0) is 25.4 Å². The molecule has 0 spiro atoms. The number of hydrogen-bond acceptors (Lipinski definition) is 5. The number of ether oxygens (including phenoxy) is 1. The Morgan fingerprint density at radius 1 is 1.65 bits per heavy atom. The van der Waals surface area contributed by atoms with Crippen molar-refractivity contribution in [2.75, 3.05) is 39.8 Å². The number of rotatable bonds is 6. The van der Waals surface area contributed by atoms with E-state index in [2.05, 4.69) is 40.0 Å². The molecule has 1 aromatic heterocycles. The quantitative estimate of drug-likeness (QED) is 0.817.